The second-order valence-electron chi connectivity index (χ2n) is 4.68. The van der Waals surface area contributed by atoms with Crippen molar-refractivity contribution in [2.75, 3.05) is 25.0 Å². The van der Waals surface area contributed by atoms with E-state index in [4.69, 9.17) is 0 Å². The van der Waals surface area contributed by atoms with Gasteiger partial charge in [-0.1, -0.05) is 6.92 Å². The van der Waals surface area contributed by atoms with Crippen LogP contribution in [0, 0.1) is 10.1 Å². The van der Waals surface area contributed by atoms with E-state index >= 15 is 0 Å². The van der Waals surface area contributed by atoms with Crippen molar-refractivity contribution in [2.24, 2.45) is 0 Å². The zero-order chi connectivity index (χ0) is 13.0. The summed E-state index contributed by atoms with van der Waals surface area (Å²) in [5.74, 6) is 0. The van der Waals surface area contributed by atoms with Crippen molar-refractivity contribution in [1.82, 2.24) is 4.90 Å². The van der Waals surface area contributed by atoms with Gasteiger partial charge in [-0.25, -0.2) is 0 Å². The minimum Gasteiger partial charge on any atom is -0.381 e. The highest BCUT2D eigenvalue weighted by molar-refractivity contribution is 5.49. The smallest absolute Gasteiger partial charge is 0.269 e. The molecule has 1 unspecified atom stereocenters. The van der Waals surface area contributed by atoms with Crippen molar-refractivity contribution >= 4 is 11.4 Å². The average Bonchev–Trinajstić information content (AvgIpc) is 2.39. The molecule has 2 rings (SSSR count). The molecule has 0 saturated carbocycles. The summed E-state index contributed by atoms with van der Waals surface area (Å²) >= 11 is 0. The van der Waals surface area contributed by atoms with Gasteiger partial charge in [-0.3, -0.25) is 10.1 Å². The van der Waals surface area contributed by atoms with Crippen molar-refractivity contribution in [1.29, 1.82) is 0 Å². The van der Waals surface area contributed by atoms with Crippen LogP contribution in [0.1, 0.15) is 19.8 Å². The highest BCUT2D eigenvalue weighted by Gasteiger charge is 2.18. The molecule has 1 aromatic rings. The highest BCUT2D eigenvalue weighted by Crippen LogP contribution is 2.19. The second-order valence-corrected chi connectivity index (χ2v) is 4.68. The Morgan fingerprint density at radius 3 is 2.78 bits per heavy atom. The van der Waals surface area contributed by atoms with E-state index in [1.807, 2.05) is 0 Å². The predicted octanol–water partition coefficient (Wildman–Crippen LogP) is 2.49. The number of anilines is 1. The maximum Gasteiger partial charge on any atom is 0.269 e. The standard InChI is InChI=1S/C13H19N3O2/c1-2-15-9-3-4-12(10-15)14-11-5-7-13(8-6-11)16(17)18/h5-8,12,14H,2-4,9-10H2,1H3. The summed E-state index contributed by atoms with van der Waals surface area (Å²) in [6.07, 6.45) is 2.37. The average molecular weight is 249 g/mol. The van der Waals surface area contributed by atoms with Crippen LogP contribution in [0.25, 0.3) is 0 Å². The van der Waals surface area contributed by atoms with Gasteiger partial charge in [0.1, 0.15) is 0 Å². The van der Waals surface area contributed by atoms with Crippen LogP contribution in [-0.4, -0.2) is 35.5 Å². The van der Waals surface area contributed by atoms with E-state index in [0.717, 1.165) is 25.2 Å². The third-order valence-corrected chi connectivity index (χ3v) is 3.40. The van der Waals surface area contributed by atoms with Crippen LogP contribution in [0.2, 0.25) is 0 Å². The van der Waals surface area contributed by atoms with Crippen molar-refractivity contribution < 1.29 is 4.92 Å². The number of likely N-dealkylation sites (N-methyl/N-ethyl adjacent to an activating group) is 1. The van der Waals surface area contributed by atoms with E-state index in [0.29, 0.717) is 6.04 Å². The van der Waals surface area contributed by atoms with E-state index in [2.05, 4.69) is 17.1 Å². The van der Waals surface area contributed by atoms with Gasteiger partial charge in [-0.15, -0.1) is 0 Å². The maximum atomic E-state index is 10.6. The number of hydrogen-bond acceptors (Lipinski definition) is 4. The molecule has 0 aliphatic carbocycles. The SMILES string of the molecule is CCN1CCCC(Nc2ccc([N+](=O)[O-])cc2)C1. The lowest BCUT2D eigenvalue weighted by Gasteiger charge is -2.32. The summed E-state index contributed by atoms with van der Waals surface area (Å²) in [7, 11) is 0. The summed E-state index contributed by atoms with van der Waals surface area (Å²) in [4.78, 5) is 12.6. The Hall–Kier alpha value is -1.62. The number of hydrogen-bond donors (Lipinski definition) is 1. The number of piperidine rings is 1. The number of benzene rings is 1. The lowest BCUT2D eigenvalue weighted by Crippen LogP contribution is -2.41. The van der Waals surface area contributed by atoms with Crippen molar-refractivity contribution in [2.45, 2.75) is 25.8 Å². The summed E-state index contributed by atoms with van der Waals surface area (Å²) in [6.45, 7) is 5.48. The number of rotatable bonds is 4. The molecule has 0 aromatic heterocycles. The Balaban J connectivity index is 1.94. The molecule has 1 aromatic carbocycles. The third kappa shape index (κ3) is 3.20. The predicted molar refractivity (Wildman–Crippen MR) is 71.9 cm³/mol. The Morgan fingerprint density at radius 1 is 1.44 bits per heavy atom. The van der Waals surface area contributed by atoms with Crippen LogP contribution < -0.4 is 5.32 Å². The second kappa shape index (κ2) is 5.82. The lowest BCUT2D eigenvalue weighted by molar-refractivity contribution is -0.384. The Labute approximate surface area is 107 Å². The summed E-state index contributed by atoms with van der Waals surface area (Å²) < 4.78 is 0. The van der Waals surface area contributed by atoms with Gasteiger partial charge in [-0.05, 0) is 38.1 Å². The molecule has 98 valence electrons. The molecule has 0 spiro atoms. The van der Waals surface area contributed by atoms with E-state index in [9.17, 15) is 10.1 Å². The van der Waals surface area contributed by atoms with E-state index in [1.54, 1.807) is 24.3 Å². The first-order valence-electron chi connectivity index (χ1n) is 6.42. The number of nitrogens with one attached hydrogen (secondary N) is 1. The summed E-state index contributed by atoms with van der Waals surface area (Å²) in [5.41, 5.74) is 1.10. The van der Waals surface area contributed by atoms with Gasteiger partial charge in [0.05, 0.1) is 4.92 Å². The molecule has 5 nitrogen and oxygen atoms in total. The van der Waals surface area contributed by atoms with Crippen LogP contribution in [-0.2, 0) is 0 Å². The van der Waals surface area contributed by atoms with Crippen molar-refractivity contribution in [3.05, 3.63) is 34.4 Å². The fraction of sp³-hybridized carbons (Fsp3) is 0.538. The largest absolute Gasteiger partial charge is 0.381 e. The number of non-ortho nitro benzene ring substituents is 1. The van der Waals surface area contributed by atoms with Gasteiger partial charge < -0.3 is 10.2 Å². The number of likely N-dealkylation sites (tertiary alicyclic amines) is 1. The third-order valence-electron chi connectivity index (χ3n) is 3.40. The first kappa shape index (κ1) is 12.8. The Bertz CT molecular complexity index is 405. The first-order chi connectivity index (χ1) is 8.69. The molecule has 1 saturated heterocycles. The van der Waals surface area contributed by atoms with Crippen LogP contribution in [0.3, 0.4) is 0 Å². The van der Waals surface area contributed by atoms with Crippen LogP contribution in [0.5, 0.6) is 0 Å². The van der Waals surface area contributed by atoms with Gasteiger partial charge in [0, 0.05) is 30.4 Å². The van der Waals surface area contributed by atoms with Crippen LogP contribution in [0.15, 0.2) is 24.3 Å². The van der Waals surface area contributed by atoms with Crippen molar-refractivity contribution in [3.8, 4) is 0 Å². The molecule has 0 bridgehead atoms. The van der Waals surface area contributed by atoms with E-state index in [-0.39, 0.29) is 10.6 Å². The summed E-state index contributed by atoms with van der Waals surface area (Å²) in [6, 6.07) is 7.09. The van der Waals surface area contributed by atoms with Gasteiger partial charge in [0.15, 0.2) is 0 Å². The fourth-order valence-electron chi connectivity index (χ4n) is 2.38. The van der Waals surface area contributed by atoms with Gasteiger partial charge in [0.2, 0.25) is 0 Å². The zero-order valence-corrected chi connectivity index (χ0v) is 10.6. The maximum absolute atomic E-state index is 10.6. The normalized spacial score (nSPS) is 20.6. The van der Waals surface area contributed by atoms with Gasteiger partial charge in [0.25, 0.3) is 5.69 Å². The molecule has 1 heterocycles. The van der Waals surface area contributed by atoms with Crippen molar-refractivity contribution in [3.63, 3.8) is 0 Å². The highest BCUT2D eigenvalue weighted by atomic mass is 16.6. The molecule has 5 heteroatoms. The Kier molecular flexibility index (Phi) is 4.15. The lowest BCUT2D eigenvalue weighted by atomic mass is 10.1. The number of nitro groups is 1. The quantitative estimate of drug-likeness (QED) is 0.658. The van der Waals surface area contributed by atoms with E-state index in [1.165, 1.54) is 13.0 Å². The molecule has 1 N–H and O–H groups in total. The number of nitro benzene ring substituents is 1. The minimum atomic E-state index is -0.372. The molecule has 1 aliphatic heterocycles. The first-order valence-corrected chi connectivity index (χ1v) is 6.42. The monoisotopic (exact) mass is 249 g/mol. The number of nitrogens with zero attached hydrogens (tertiary/aromatic N) is 2. The topological polar surface area (TPSA) is 58.4 Å². The van der Waals surface area contributed by atoms with Crippen LogP contribution in [0.4, 0.5) is 11.4 Å². The molecule has 18 heavy (non-hydrogen) atoms. The fourth-order valence-corrected chi connectivity index (χ4v) is 2.38. The van der Waals surface area contributed by atoms with Gasteiger partial charge >= 0.3 is 0 Å². The van der Waals surface area contributed by atoms with E-state index < -0.39 is 0 Å². The summed E-state index contributed by atoms with van der Waals surface area (Å²) in [5, 5.41) is 14.0. The molecule has 1 aliphatic rings. The van der Waals surface area contributed by atoms with Crippen LogP contribution >= 0.6 is 0 Å². The Morgan fingerprint density at radius 2 is 2.17 bits per heavy atom. The molecule has 0 amide bonds. The molecule has 0 radical (unpaired) electrons. The molecular formula is C13H19N3O2. The molecular weight excluding hydrogens is 230 g/mol. The molecule has 1 fully saturated rings. The van der Waals surface area contributed by atoms with Gasteiger partial charge in [-0.2, -0.15) is 0 Å². The molecule has 1 atom stereocenters. The zero-order valence-electron chi connectivity index (χ0n) is 10.6. The minimum absolute atomic E-state index is 0.138.